The summed E-state index contributed by atoms with van der Waals surface area (Å²) in [6.07, 6.45) is 0.297. The second-order valence-corrected chi connectivity index (χ2v) is 7.67. The van der Waals surface area contributed by atoms with Gasteiger partial charge in [0.15, 0.2) is 5.96 Å². The summed E-state index contributed by atoms with van der Waals surface area (Å²) >= 11 is 12.1. The minimum Gasteiger partial charge on any atom is -0.489 e. The third kappa shape index (κ3) is 8.18. The summed E-state index contributed by atoms with van der Waals surface area (Å²) in [6, 6.07) is 5.15. The lowest BCUT2D eigenvalue weighted by atomic mass is 10.1. The van der Waals surface area contributed by atoms with Crippen molar-refractivity contribution >= 4 is 29.2 Å². The standard InChI is InChI=1S/C20H31Cl2N3O4/c1-3-23-20(25-8-7-15(12-25)13-28-10-9-27-2)24-11-16(26)14-29-18-6-4-5-17(21)19(18)22/h4-6,15-16,26H,3,7-14H2,1-2H3,(H,23,24). The van der Waals surface area contributed by atoms with Crippen molar-refractivity contribution in [3.05, 3.63) is 28.2 Å². The van der Waals surface area contributed by atoms with Gasteiger partial charge in [-0.25, -0.2) is 0 Å². The molecule has 1 saturated heterocycles. The molecule has 0 spiro atoms. The predicted octanol–water partition coefficient (Wildman–Crippen LogP) is 2.68. The summed E-state index contributed by atoms with van der Waals surface area (Å²) in [7, 11) is 1.67. The predicted molar refractivity (Wildman–Crippen MR) is 116 cm³/mol. The average Bonchev–Trinajstić information content (AvgIpc) is 3.18. The van der Waals surface area contributed by atoms with Gasteiger partial charge in [-0.3, -0.25) is 4.99 Å². The highest BCUT2D eigenvalue weighted by Crippen LogP contribution is 2.31. The number of methoxy groups -OCH3 is 1. The summed E-state index contributed by atoms with van der Waals surface area (Å²) in [6.45, 7) is 6.83. The first-order valence-electron chi connectivity index (χ1n) is 9.90. The van der Waals surface area contributed by atoms with Crippen molar-refractivity contribution in [2.75, 3.05) is 59.7 Å². The van der Waals surface area contributed by atoms with Gasteiger partial charge in [0.05, 0.1) is 31.4 Å². The highest BCUT2D eigenvalue weighted by atomic mass is 35.5. The van der Waals surface area contributed by atoms with Gasteiger partial charge in [-0.15, -0.1) is 0 Å². The molecule has 0 aliphatic carbocycles. The maximum atomic E-state index is 10.3. The molecule has 7 nitrogen and oxygen atoms in total. The van der Waals surface area contributed by atoms with Crippen molar-refractivity contribution in [3.8, 4) is 5.75 Å². The highest BCUT2D eigenvalue weighted by molar-refractivity contribution is 6.42. The van der Waals surface area contributed by atoms with E-state index >= 15 is 0 Å². The molecule has 9 heteroatoms. The number of likely N-dealkylation sites (tertiary alicyclic amines) is 1. The van der Waals surface area contributed by atoms with Crippen molar-refractivity contribution < 1.29 is 19.3 Å². The van der Waals surface area contributed by atoms with Gasteiger partial charge in [-0.2, -0.15) is 0 Å². The molecule has 1 aliphatic heterocycles. The fraction of sp³-hybridized carbons (Fsp3) is 0.650. The summed E-state index contributed by atoms with van der Waals surface area (Å²) in [5, 5.41) is 14.3. The Morgan fingerprint density at radius 2 is 2.21 bits per heavy atom. The van der Waals surface area contributed by atoms with Gasteiger partial charge in [0.25, 0.3) is 0 Å². The lowest BCUT2D eigenvalue weighted by Gasteiger charge is -2.22. The Kier molecular flexibility index (Phi) is 10.9. The first-order valence-corrected chi connectivity index (χ1v) is 10.7. The highest BCUT2D eigenvalue weighted by Gasteiger charge is 2.25. The van der Waals surface area contributed by atoms with E-state index in [-0.39, 0.29) is 13.2 Å². The molecule has 29 heavy (non-hydrogen) atoms. The first kappa shape index (κ1) is 24.0. The maximum Gasteiger partial charge on any atom is 0.194 e. The van der Waals surface area contributed by atoms with Gasteiger partial charge in [-0.05, 0) is 25.5 Å². The lowest BCUT2D eigenvalue weighted by Crippen LogP contribution is -2.41. The van der Waals surface area contributed by atoms with Crippen LogP contribution in [0.1, 0.15) is 13.3 Å². The Balaban J connectivity index is 1.81. The van der Waals surface area contributed by atoms with Crippen LogP contribution < -0.4 is 10.1 Å². The van der Waals surface area contributed by atoms with E-state index in [0.717, 1.165) is 38.6 Å². The van der Waals surface area contributed by atoms with Crippen molar-refractivity contribution in [1.29, 1.82) is 0 Å². The molecule has 0 saturated carbocycles. The van der Waals surface area contributed by atoms with Gasteiger partial charge in [0.2, 0.25) is 0 Å². The van der Waals surface area contributed by atoms with E-state index < -0.39 is 6.10 Å². The number of benzene rings is 1. The molecule has 0 amide bonds. The molecule has 2 unspecified atom stereocenters. The minimum absolute atomic E-state index is 0.0823. The minimum atomic E-state index is -0.755. The van der Waals surface area contributed by atoms with Crippen LogP contribution >= 0.6 is 23.2 Å². The van der Waals surface area contributed by atoms with Crippen LogP contribution in [0.25, 0.3) is 0 Å². The molecule has 1 aromatic carbocycles. The van der Waals surface area contributed by atoms with E-state index in [1.165, 1.54) is 0 Å². The van der Waals surface area contributed by atoms with E-state index in [2.05, 4.69) is 15.2 Å². The van der Waals surface area contributed by atoms with Gasteiger partial charge < -0.3 is 29.5 Å². The number of aliphatic hydroxyl groups excluding tert-OH is 1. The van der Waals surface area contributed by atoms with Crippen LogP contribution in [0.2, 0.25) is 10.0 Å². The summed E-state index contributed by atoms with van der Waals surface area (Å²) in [5.74, 6) is 1.71. The monoisotopic (exact) mass is 447 g/mol. The number of aliphatic hydroxyl groups is 1. The lowest BCUT2D eigenvalue weighted by molar-refractivity contribution is 0.0536. The third-order valence-corrected chi connectivity index (χ3v) is 5.31. The Hall–Kier alpha value is -1.25. The average molecular weight is 448 g/mol. The summed E-state index contributed by atoms with van der Waals surface area (Å²) < 4.78 is 16.2. The molecule has 0 bridgehead atoms. The van der Waals surface area contributed by atoms with Gasteiger partial charge >= 0.3 is 0 Å². The molecular formula is C20H31Cl2N3O4. The molecule has 1 aromatic rings. The van der Waals surface area contributed by atoms with Gasteiger partial charge in [0, 0.05) is 32.7 Å². The first-order chi connectivity index (χ1) is 14.0. The van der Waals surface area contributed by atoms with Crippen LogP contribution in [0, 0.1) is 5.92 Å². The molecule has 1 fully saturated rings. The Morgan fingerprint density at radius 3 is 2.97 bits per heavy atom. The second-order valence-electron chi connectivity index (χ2n) is 6.88. The number of hydrogen-bond donors (Lipinski definition) is 2. The van der Waals surface area contributed by atoms with Crippen molar-refractivity contribution in [2.45, 2.75) is 19.4 Å². The van der Waals surface area contributed by atoms with Crippen molar-refractivity contribution in [3.63, 3.8) is 0 Å². The Morgan fingerprint density at radius 1 is 1.38 bits per heavy atom. The van der Waals surface area contributed by atoms with Crippen LogP contribution in [0.4, 0.5) is 0 Å². The SMILES string of the molecule is CCNC(=NCC(O)COc1cccc(Cl)c1Cl)N1CCC(COCCOC)C1. The second kappa shape index (κ2) is 13.1. The van der Waals surface area contributed by atoms with Gasteiger partial charge in [-0.1, -0.05) is 29.3 Å². The number of nitrogens with zero attached hydrogens (tertiary/aromatic N) is 2. The number of aliphatic imine (C=N–C) groups is 1. The number of hydrogen-bond acceptors (Lipinski definition) is 5. The van der Waals surface area contributed by atoms with Gasteiger partial charge in [0.1, 0.15) is 23.5 Å². The molecular weight excluding hydrogens is 417 g/mol. The molecule has 0 aromatic heterocycles. The number of rotatable bonds is 11. The van der Waals surface area contributed by atoms with Crippen LogP contribution in [0.5, 0.6) is 5.75 Å². The zero-order valence-electron chi connectivity index (χ0n) is 17.1. The number of ether oxygens (including phenoxy) is 3. The molecule has 0 radical (unpaired) electrons. The van der Waals surface area contributed by atoms with E-state index in [1.807, 2.05) is 6.92 Å². The largest absolute Gasteiger partial charge is 0.489 e. The third-order valence-electron chi connectivity index (χ3n) is 4.50. The zero-order valence-corrected chi connectivity index (χ0v) is 18.6. The Bertz CT molecular complexity index is 648. The molecule has 164 valence electrons. The molecule has 2 atom stereocenters. The van der Waals surface area contributed by atoms with Crippen LogP contribution in [-0.2, 0) is 9.47 Å². The fourth-order valence-electron chi connectivity index (χ4n) is 3.01. The smallest absolute Gasteiger partial charge is 0.194 e. The molecule has 2 rings (SSSR count). The normalized spacial score (nSPS) is 18.2. The number of halogens is 2. The Labute approximate surface area is 182 Å². The van der Waals surface area contributed by atoms with E-state index in [1.54, 1.807) is 25.3 Å². The molecule has 1 heterocycles. The van der Waals surface area contributed by atoms with Crippen molar-refractivity contribution in [1.82, 2.24) is 10.2 Å². The van der Waals surface area contributed by atoms with Crippen LogP contribution in [0.3, 0.4) is 0 Å². The van der Waals surface area contributed by atoms with E-state index in [4.69, 9.17) is 37.4 Å². The molecule has 1 aliphatic rings. The topological polar surface area (TPSA) is 75.6 Å². The summed E-state index contributed by atoms with van der Waals surface area (Å²) in [5.41, 5.74) is 0. The fourth-order valence-corrected chi connectivity index (χ4v) is 3.35. The molecule has 2 N–H and O–H groups in total. The summed E-state index contributed by atoms with van der Waals surface area (Å²) in [4.78, 5) is 6.78. The number of guanidine groups is 1. The van der Waals surface area contributed by atoms with Crippen LogP contribution in [-0.4, -0.2) is 81.8 Å². The van der Waals surface area contributed by atoms with E-state index in [0.29, 0.717) is 34.9 Å². The van der Waals surface area contributed by atoms with Crippen LogP contribution in [0.15, 0.2) is 23.2 Å². The quantitative estimate of drug-likeness (QED) is 0.308. The zero-order chi connectivity index (χ0) is 21.1. The number of nitrogens with one attached hydrogen (secondary N) is 1. The van der Waals surface area contributed by atoms with Crippen molar-refractivity contribution in [2.24, 2.45) is 10.9 Å². The maximum absolute atomic E-state index is 10.3. The van der Waals surface area contributed by atoms with E-state index in [9.17, 15) is 5.11 Å².